The Labute approximate surface area is 427 Å². The van der Waals surface area contributed by atoms with Gasteiger partial charge in [-0.05, 0) is 103 Å². The van der Waals surface area contributed by atoms with Crippen LogP contribution in [0.5, 0.6) is 0 Å². The largest absolute Gasteiger partial charge is 0.462 e. The molecule has 0 bridgehead atoms. The predicted octanol–water partition coefficient (Wildman–Crippen LogP) is 19.8. The Hall–Kier alpha value is -3.15. The first kappa shape index (κ1) is 65.8. The van der Waals surface area contributed by atoms with Gasteiger partial charge in [0.25, 0.3) is 0 Å². The van der Waals surface area contributed by atoms with Crippen LogP contribution in [-0.2, 0) is 28.6 Å². The number of unbranched alkanes of at least 4 members (excludes halogenated alkanes) is 30. The minimum absolute atomic E-state index is 0.0853. The highest BCUT2D eigenvalue weighted by atomic mass is 16.6. The second-order valence-electron chi connectivity index (χ2n) is 19.5. The van der Waals surface area contributed by atoms with Crippen molar-refractivity contribution in [3.8, 4) is 0 Å². The van der Waals surface area contributed by atoms with Crippen LogP contribution in [0.15, 0.2) is 72.9 Å². The highest BCUT2D eigenvalue weighted by Gasteiger charge is 2.19. The molecule has 0 aliphatic rings. The Morgan fingerprint density at radius 1 is 0.290 bits per heavy atom. The number of hydrogen-bond donors (Lipinski definition) is 0. The summed E-state index contributed by atoms with van der Waals surface area (Å²) < 4.78 is 16.8. The van der Waals surface area contributed by atoms with E-state index in [1.165, 1.54) is 122 Å². The molecule has 0 saturated carbocycles. The van der Waals surface area contributed by atoms with E-state index in [-0.39, 0.29) is 31.1 Å². The standard InChI is InChI=1S/C63H110O6/c1-4-7-10-13-16-19-22-25-26-27-28-29-30-31-32-33-34-35-36-39-41-44-47-50-53-56-62(65)68-59-60(69-63(66)57-54-51-48-45-42-38-24-21-18-15-12-9-6-3)58-67-61(64)55-52-49-46-43-40-37-23-20-17-14-11-8-5-2/h11-12,14-15,20-25,27-28,60H,4-10,13,16-19,26,29-59H2,1-3H3/b14-11-,15-12-,23-20-,24-21-,25-22-,28-27-. The summed E-state index contributed by atoms with van der Waals surface area (Å²) in [6, 6.07) is 0. The van der Waals surface area contributed by atoms with Gasteiger partial charge in [-0.3, -0.25) is 14.4 Å². The number of hydrogen-bond acceptors (Lipinski definition) is 6. The lowest BCUT2D eigenvalue weighted by molar-refractivity contribution is -0.167. The smallest absolute Gasteiger partial charge is 0.306 e. The third-order valence-corrected chi connectivity index (χ3v) is 12.6. The van der Waals surface area contributed by atoms with E-state index < -0.39 is 6.10 Å². The lowest BCUT2D eigenvalue weighted by Gasteiger charge is -2.18. The Bertz CT molecular complexity index is 1290. The molecule has 1 unspecified atom stereocenters. The molecule has 0 fully saturated rings. The van der Waals surface area contributed by atoms with Gasteiger partial charge < -0.3 is 14.2 Å². The van der Waals surface area contributed by atoms with E-state index in [2.05, 4.69) is 93.7 Å². The molecule has 0 aromatic carbocycles. The van der Waals surface area contributed by atoms with Crippen LogP contribution in [0.1, 0.15) is 290 Å². The molecular formula is C63H110O6. The average Bonchev–Trinajstić information content (AvgIpc) is 3.35. The van der Waals surface area contributed by atoms with Crippen LogP contribution in [-0.4, -0.2) is 37.2 Å². The Morgan fingerprint density at radius 3 is 0.855 bits per heavy atom. The zero-order valence-electron chi connectivity index (χ0n) is 45.6. The predicted molar refractivity (Wildman–Crippen MR) is 298 cm³/mol. The van der Waals surface area contributed by atoms with Crippen molar-refractivity contribution in [1.82, 2.24) is 0 Å². The van der Waals surface area contributed by atoms with E-state index in [1.807, 2.05) is 0 Å². The first-order valence-corrected chi connectivity index (χ1v) is 29.4. The molecule has 0 spiro atoms. The molecule has 0 aromatic rings. The molecule has 0 aliphatic carbocycles. The van der Waals surface area contributed by atoms with Crippen LogP contribution in [0.3, 0.4) is 0 Å². The van der Waals surface area contributed by atoms with E-state index >= 15 is 0 Å². The van der Waals surface area contributed by atoms with Crippen molar-refractivity contribution in [1.29, 1.82) is 0 Å². The van der Waals surface area contributed by atoms with Crippen LogP contribution in [0.2, 0.25) is 0 Å². The van der Waals surface area contributed by atoms with Gasteiger partial charge in [0.2, 0.25) is 0 Å². The second kappa shape index (κ2) is 57.4. The molecule has 6 heteroatoms. The van der Waals surface area contributed by atoms with Crippen molar-refractivity contribution in [2.45, 2.75) is 297 Å². The molecule has 69 heavy (non-hydrogen) atoms. The molecule has 0 amide bonds. The number of ether oxygens (including phenoxy) is 3. The third-order valence-electron chi connectivity index (χ3n) is 12.6. The van der Waals surface area contributed by atoms with Crippen LogP contribution in [0, 0.1) is 0 Å². The summed E-state index contributed by atoms with van der Waals surface area (Å²) in [6.07, 6.45) is 73.3. The molecule has 398 valence electrons. The first-order chi connectivity index (χ1) is 34.0. The number of rotatable bonds is 53. The molecule has 0 aromatic heterocycles. The number of carbonyl (C=O) groups is 3. The SMILES string of the molecule is CCC/C=C\C/C=C\CCCCCCCC(=O)OCC(COC(=O)CCCCCCCCCCCCCCC/C=C\C/C=C\CCCCCCC)OC(=O)CCCCCCC/C=C\C/C=C\CCC. The molecule has 0 N–H and O–H groups in total. The van der Waals surface area contributed by atoms with Gasteiger partial charge in [-0.25, -0.2) is 0 Å². The zero-order valence-corrected chi connectivity index (χ0v) is 45.6. The van der Waals surface area contributed by atoms with E-state index in [1.54, 1.807) is 0 Å². The van der Waals surface area contributed by atoms with Gasteiger partial charge in [0.05, 0.1) is 0 Å². The average molecular weight is 964 g/mol. The topological polar surface area (TPSA) is 78.9 Å². The van der Waals surface area contributed by atoms with Gasteiger partial charge in [-0.15, -0.1) is 0 Å². The highest BCUT2D eigenvalue weighted by Crippen LogP contribution is 2.16. The van der Waals surface area contributed by atoms with Crippen molar-refractivity contribution < 1.29 is 28.6 Å². The molecule has 6 nitrogen and oxygen atoms in total. The van der Waals surface area contributed by atoms with E-state index in [0.717, 1.165) is 128 Å². The number of carbonyl (C=O) groups excluding carboxylic acids is 3. The molecule has 1 atom stereocenters. The Kier molecular flexibility index (Phi) is 54.8. The zero-order chi connectivity index (χ0) is 50.0. The normalized spacial score (nSPS) is 12.6. The summed E-state index contributed by atoms with van der Waals surface area (Å²) in [5.41, 5.74) is 0. The molecule has 0 aliphatic heterocycles. The summed E-state index contributed by atoms with van der Waals surface area (Å²) in [7, 11) is 0. The molecule has 0 rings (SSSR count). The first-order valence-electron chi connectivity index (χ1n) is 29.4. The third kappa shape index (κ3) is 55.6. The second-order valence-corrected chi connectivity index (χ2v) is 19.5. The monoisotopic (exact) mass is 963 g/mol. The minimum Gasteiger partial charge on any atom is -0.462 e. The van der Waals surface area contributed by atoms with E-state index in [4.69, 9.17) is 14.2 Å². The Balaban J connectivity index is 4.26. The minimum atomic E-state index is -0.788. The quantitative estimate of drug-likeness (QED) is 0.0262. The summed E-state index contributed by atoms with van der Waals surface area (Å²) in [4.78, 5) is 38.1. The summed E-state index contributed by atoms with van der Waals surface area (Å²) in [5.74, 6) is -0.908. The highest BCUT2D eigenvalue weighted by molar-refractivity contribution is 5.71. The van der Waals surface area contributed by atoms with Gasteiger partial charge >= 0.3 is 17.9 Å². The Morgan fingerprint density at radius 2 is 0.551 bits per heavy atom. The van der Waals surface area contributed by atoms with Crippen molar-refractivity contribution in [3.05, 3.63) is 72.9 Å². The molecule has 0 radical (unpaired) electrons. The fraction of sp³-hybridized carbons (Fsp3) is 0.762. The van der Waals surface area contributed by atoms with E-state index in [0.29, 0.717) is 19.3 Å². The van der Waals surface area contributed by atoms with Gasteiger partial charge in [-0.1, -0.05) is 241 Å². The lowest BCUT2D eigenvalue weighted by Crippen LogP contribution is -2.30. The summed E-state index contributed by atoms with van der Waals surface area (Å²) in [5, 5.41) is 0. The van der Waals surface area contributed by atoms with Crippen LogP contribution < -0.4 is 0 Å². The fourth-order valence-electron chi connectivity index (χ4n) is 8.20. The van der Waals surface area contributed by atoms with Gasteiger partial charge in [0, 0.05) is 19.3 Å². The fourth-order valence-corrected chi connectivity index (χ4v) is 8.20. The van der Waals surface area contributed by atoms with Gasteiger partial charge in [-0.2, -0.15) is 0 Å². The van der Waals surface area contributed by atoms with Crippen LogP contribution in [0.4, 0.5) is 0 Å². The maximum atomic E-state index is 12.8. The summed E-state index contributed by atoms with van der Waals surface area (Å²) in [6.45, 7) is 6.49. The van der Waals surface area contributed by atoms with Crippen molar-refractivity contribution in [2.75, 3.05) is 13.2 Å². The van der Waals surface area contributed by atoms with Crippen LogP contribution in [0.25, 0.3) is 0 Å². The van der Waals surface area contributed by atoms with Crippen LogP contribution >= 0.6 is 0 Å². The molecule has 0 heterocycles. The molecule has 0 saturated heterocycles. The lowest BCUT2D eigenvalue weighted by atomic mass is 10.0. The maximum absolute atomic E-state index is 12.8. The molecular weight excluding hydrogens is 853 g/mol. The summed E-state index contributed by atoms with van der Waals surface area (Å²) >= 11 is 0. The van der Waals surface area contributed by atoms with E-state index in [9.17, 15) is 14.4 Å². The maximum Gasteiger partial charge on any atom is 0.306 e. The van der Waals surface area contributed by atoms with Crippen molar-refractivity contribution in [3.63, 3.8) is 0 Å². The number of allylic oxidation sites excluding steroid dienone is 12. The van der Waals surface area contributed by atoms with Crippen molar-refractivity contribution >= 4 is 17.9 Å². The van der Waals surface area contributed by atoms with Crippen molar-refractivity contribution in [2.24, 2.45) is 0 Å². The van der Waals surface area contributed by atoms with Gasteiger partial charge in [0.15, 0.2) is 6.10 Å². The van der Waals surface area contributed by atoms with Gasteiger partial charge in [0.1, 0.15) is 13.2 Å². The number of esters is 3.